The van der Waals surface area contributed by atoms with Crippen LogP contribution >= 0.6 is 0 Å². The molecule has 0 radical (unpaired) electrons. The Hall–Kier alpha value is -4.22. The number of hydrogen-bond donors (Lipinski definition) is 3. The van der Waals surface area contributed by atoms with Crippen molar-refractivity contribution in [2.75, 3.05) is 30.8 Å². The number of fused-ring (bicyclic) bond motifs is 1. The van der Waals surface area contributed by atoms with Crippen molar-refractivity contribution in [3.63, 3.8) is 0 Å². The zero-order valence-electron chi connectivity index (χ0n) is 26.7. The standard InChI is InChI=1S/C35H42N4O6S/c1-22-12-14-26(15-13-22)31-30(34(42)36-3)29-20-28(25-16-17-25)32(38-35(29)45-31)39(46(4,43)44)18-8-9-23(2)33(41)37-27(21-40)19-24-10-6-5-7-11-24/h5-7,10-15,20,23,25,27,40H,8-9,16-19,21H2,1-4H3,(H,36,42)(H,37,41)/t23-,27+/m0/s1. The van der Waals surface area contributed by atoms with Crippen molar-refractivity contribution in [3.05, 3.63) is 82.9 Å². The number of hydrogen-bond acceptors (Lipinski definition) is 7. The molecule has 0 unspecified atom stereocenters. The second kappa shape index (κ2) is 14.0. The molecule has 1 aliphatic carbocycles. The van der Waals surface area contributed by atoms with E-state index in [1.165, 1.54) is 4.31 Å². The minimum atomic E-state index is -3.76. The van der Waals surface area contributed by atoms with E-state index in [9.17, 15) is 23.1 Å². The summed E-state index contributed by atoms with van der Waals surface area (Å²) in [5.41, 5.74) is 4.10. The van der Waals surface area contributed by atoms with Crippen LogP contribution in [0.25, 0.3) is 22.4 Å². The predicted molar refractivity (Wildman–Crippen MR) is 179 cm³/mol. The molecule has 0 spiro atoms. The highest BCUT2D eigenvalue weighted by Crippen LogP contribution is 2.46. The molecule has 2 atom stereocenters. The average Bonchev–Trinajstić information content (AvgIpc) is 3.82. The first-order chi connectivity index (χ1) is 22.0. The number of benzene rings is 2. The Morgan fingerprint density at radius 1 is 1.11 bits per heavy atom. The van der Waals surface area contributed by atoms with E-state index in [1.807, 2.05) is 67.6 Å². The van der Waals surface area contributed by atoms with Crippen LogP contribution in [-0.2, 0) is 21.2 Å². The molecule has 4 aromatic rings. The number of amides is 2. The summed E-state index contributed by atoms with van der Waals surface area (Å²) >= 11 is 0. The molecule has 2 amide bonds. The van der Waals surface area contributed by atoms with Gasteiger partial charge >= 0.3 is 0 Å². The molecular formula is C35H42N4O6S. The van der Waals surface area contributed by atoms with Gasteiger partial charge in [0.15, 0.2) is 0 Å². The Labute approximate surface area is 270 Å². The minimum absolute atomic E-state index is 0.121. The van der Waals surface area contributed by atoms with Gasteiger partial charge in [0, 0.05) is 25.1 Å². The fourth-order valence-electron chi connectivity index (χ4n) is 5.69. The van der Waals surface area contributed by atoms with Crippen molar-refractivity contribution in [2.24, 2.45) is 5.92 Å². The number of rotatable bonds is 14. The fraction of sp³-hybridized carbons (Fsp3) is 0.400. The summed E-state index contributed by atoms with van der Waals surface area (Å²) in [7, 11) is -2.20. The number of aryl methyl sites for hydroxylation is 1. The van der Waals surface area contributed by atoms with Crippen molar-refractivity contribution in [3.8, 4) is 11.3 Å². The zero-order chi connectivity index (χ0) is 33.0. The van der Waals surface area contributed by atoms with E-state index in [2.05, 4.69) is 10.6 Å². The topological polar surface area (TPSA) is 142 Å². The highest BCUT2D eigenvalue weighted by atomic mass is 32.2. The van der Waals surface area contributed by atoms with Crippen LogP contribution < -0.4 is 14.9 Å². The number of nitrogens with zero attached hydrogens (tertiary/aromatic N) is 2. The van der Waals surface area contributed by atoms with Gasteiger partial charge in [-0.15, -0.1) is 0 Å². The largest absolute Gasteiger partial charge is 0.437 e. The van der Waals surface area contributed by atoms with E-state index < -0.39 is 22.0 Å². The highest BCUT2D eigenvalue weighted by Gasteiger charge is 2.34. The lowest BCUT2D eigenvalue weighted by atomic mass is 10.0. The highest BCUT2D eigenvalue weighted by molar-refractivity contribution is 7.92. The summed E-state index contributed by atoms with van der Waals surface area (Å²) in [6, 6.07) is 18.7. The molecule has 2 aromatic carbocycles. The van der Waals surface area contributed by atoms with Crippen LogP contribution in [0.4, 0.5) is 5.82 Å². The number of anilines is 1. The molecular weight excluding hydrogens is 604 g/mol. The van der Waals surface area contributed by atoms with Crippen molar-refractivity contribution >= 4 is 38.8 Å². The molecule has 1 fully saturated rings. The van der Waals surface area contributed by atoms with Gasteiger partial charge in [0.05, 0.1) is 29.9 Å². The molecule has 11 heteroatoms. The molecule has 10 nitrogen and oxygen atoms in total. The Balaban J connectivity index is 1.39. The van der Waals surface area contributed by atoms with Crippen molar-refractivity contribution in [1.82, 2.24) is 15.6 Å². The number of pyridine rings is 1. The number of aliphatic hydroxyl groups excluding tert-OH is 1. The molecule has 46 heavy (non-hydrogen) atoms. The molecule has 1 saturated carbocycles. The van der Waals surface area contributed by atoms with Crippen LogP contribution in [0.2, 0.25) is 0 Å². The number of carbonyl (C=O) groups excluding carboxylic acids is 2. The van der Waals surface area contributed by atoms with Gasteiger partial charge in [-0.2, -0.15) is 4.98 Å². The van der Waals surface area contributed by atoms with Gasteiger partial charge in [0.25, 0.3) is 5.91 Å². The quantitative estimate of drug-likeness (QED) is 0.176. The second-order valence-corrected chi connectivity index (χ2v) is 14.1. The van der Waals surface area contributed by atoms with Crippen LogP contribution in [0.3, 0.4) is 0 Å². The van der Waals surface area contributed by atoms with E-state index >= 15 is 0 Å². The summed E-state index contributed by atoms with van der Waals surface area (Å²) in [6.07, 6.45) is 4.28. The summed E-state index contributed by atoms with van der Waals surface area (Å²) in [6.45, 7) is 3.71. The number of carbonyl (C=O) groups is 2. The van der Waals surface area contributed by atoms with Gasteiger partial charge in [0.2, 0.25) is 21.6 Å². The first-order valence-corrected chi connectivity index (χ1v) is 17.5. The van der Waals surface area contributed by atoms with Crippen LogP contribution in [-0.4, -0.2) is 62.8 Å². The number of furan rings is 1. The maximum atomic E-state index is 13.2. The second-order valence-electron chi connectivity index (χ2n) is 12.2. The molecule has 2 heterocycles. The van der Waals surface area contributed by atoms with E-state index in [-0.39, 0.29) is 36.6 Å². The van der Waals surface area contributed by atoms with Crippen LogP contribution in [0.1, 0.15) is 65.6 Å². The molecule has 244 valence electrons. The number of aliphatic hydroxyl groups is 1. The minimum Gasteiger partial charge on any atom is -0.437 e. The van der Waals surface area contributed by atoms with E-state index in [4.69, 9.17) is 9.40 Å². The summed E-state index contributed by atoms with van der Waals surface area (Å²) in [5.74, 6) is -0.117. The van der Waals surface area contributed by atoms with Crippen LogP contribution in [0.5, 0.6) is 0 Å². The molecule has 1 aliphatic rings. The average molecular weight is 647 g/mol. The predicted octanol–water partition coefficient (Wildman–Crippen LogP) is 4.94. The van der Waals surface area contributed by atoms with Gasteiger partial charge in [-0.25, -0.2) is 8.42 Å². The van der Waals surface area contributed by atoms with E-state index in [0.717, 1.165) is 41.4 Å². The Morgan fingerprint density at radius 2 is 1.80 bits per heavy atom. The monoisotopic (exact) mass is 646 g/mol. The molecule has 0 aliphatic heterocycles. The smallest absolute Gasteiger partial charge is 0.255 e. The number of sulfonamides is 1. The number of nitrogens with one attached hydrogen (secondary N) is 2. The maximum absolute atomic E-state index is 13.2. The third-order valence-corrected chi connectivity index (χ3v) is 9.61. The Bertz CT molecular complexity index is 1800. The first kappa shape index (κ1) is 33.2. The molecule has 5 rings (SSSR count). The van der Waals surface area contributed by atoms with Crippen molar-refractivity contribution in [1.29, 1.82) is 0 Å². The SMILES string of the molecule is CNC(=O)c1c(-c2ccc(C)cc2)oc2nc(N(CCC[C@H](C)C(=O)N[C@@H](CO)Cc3ccccc3)S(C)(=O)=O)c(C3CC3)cc12. The van der Waals surface area contributed by atoms with Crippen molar-refractivity contribution < 1.29 is 27.5 Å². The Kier molecular flexibility index (Phi) is 10.1. The fourth-order valence-corrected chi connectivity index (χ4v) is 6.61. The van der Waals surface area contributed by atoms with Crippen LogP contribution in [0.15, 0.2) is 65.1 Å². The third-order valence-electron chi connectivity index (χ3n) is 8.45. The van der Waals surface area contributed by atoms with E-state index in [1.54, 1.807) is 14.0 Å². The molecule has 3 N–H and O–H groups in total. The zero-order valence-corrected chi connectivity index (χ0v) is 27.6. The lowest BCUT2D eigenvalue weighted by molar-refractivity contribution is -0.125. The van der Waals surface area contributed by atoms with E-state index in [0.29, 0.717) is 41.8 Å². The van der Waals surface area contributed by atoms with Crippen LogP contribution in [0, 0.1) is 12.8 Å². The maximum Gasteiger partial charge on any atom is 0.255 e. The van der Waals surface area contributed by atoms with Crippen molar-refractivity contribution in [2.45, 2.75) is 57.9 Å². The summed E-state index contributed by atoms with van der Waals surface area (Å²) in [5, 5.41) is 16.0. The molecule has 2 aromatic heterocycles. The summed E-state index contributed by atoms with van der Waals surface area (Å²) in [4.78, 5) is 30.9. The Morgan fingerprint density at radius 3 is 2.41 bits per heavy atom. The van der Waals surface area contributed by atoms with Gasteiger partial charge in [-0.1, -0.05) is 67.1 Å². The van der Waals surface area contributed by atoms with Gasteiger partial charge in [0.1, 0.15) is 11.6 Å². The molecule has 0 saturated heterocycles. The first-order valence-electron chi connectivity index (χ1n) is 15.7. The van der Waals surface area contributed by atoms with Gasteiger partial charge in [-0.05, 0) is 62.1 Å². The lowest BCUT2D eigenvalue weighted by Crippen LogP contribution is -2.42. The summed E-state index contributed by atoms with van der Waals surface area (Å²) < 4.78 is 33.9. The molecule has 0 bridgehead atoms. The third kappa shape index (κ3) is 7.59. The normalized spacial score (nSPS) is 14.5. The number of aromatic nitrogens is 1. The van der Waals surface area contributed by atoms with Gasteiger partial charge < -0.3 is 20.2 Å². The van der Waals surface area contributed by atoms with Gasteiger partial charge in [-0.3, -0.25) is 13.9 Å². The lowest BCUT2D eigenvalue weighted by Gasteiger charge is -2.25.